The number of amides is 2. The molecule has 0 radical (unpaired) electrons. The van der Waals surface area contributed by atoms with Crippen molar-refractivity contribution < 1.29 is 14.3 Å². The number of hydrogen-bond donors (Lipinski definition) is 3. The summed E-state index contributed by atoms with van der Waals surface area (Å²) in [5, 5.41) is 6.44. The largest absolute Gasteiger partial charge is 0.492 e. The fourth-order valence-corrected chi connectivity index (χ4v) is 5.15. The van der Waals surface area contributed by atoms with Gasteiger partial charge < -0.3 is 25.7 Å². The first-order valence-corrected chi connectivity index (χ1v) is 14.0. The van der Waals surface area contributed by atoms with E-state index in [0.29, 0.717) is 30.9 Å². The van der Waals surface area contributed by atoms with Crippen LogP contribution < -0.4 is 21.1 Å². The Kier molecular flexibility index (Phi) is 8.62. The summed E-state index contributed by atoms with van der Waals surface area (Å²) in [5.74, 6) is -0.456. The highest BCUT2D eigenvalue weighted by molar-refractivity contribution is 9.10. The molecule has 4 aromatic rings. The van der Waals surface area contributed by atoms with Crippen molar-refractivity contribution in [3.63, 3.8) is 0 Å². The maximum atomic E-state index is 13.3. The minimum absolute atomic E-state index is 0.00562. The first-order chi connectivity index (χ1) is 19.4. The molecular formula is C31H32BrN5O3. The summed E-state index contributed by atoms with van der Waals surface area (Å²) >= 11 is 3.41. The van der Waals surface area contributed by atoms with E-state index in [9.17, 15) is 9.59 Å². The van der Waals surface area contributed by atoms with E-state index in [1.165, 1.54) is 11.1 Å². The van der Waals surface area contributed by atoms with Gasteiger partial charge in [0.15, 0.2) is 0 Å². The zero-order valence-electron chi connectivity index (χ0n) is 22.3. The Labute approximate surface area is 242 Å². The zero-order chi connectivity index (χ0) is 28.1. The number of carbonyl (C=O) groups is 2. The topological polar surface area (TPSA) is 111 Å². The lowest BCUT2D eigenvalue weighted by Gasteiger charge is -2.28. The average Bonchev–Trinajstić information content (AvgIpc) is 3.40. The number of fused-ring (bicyclic) bond motifs is 1. The maximum Gasteiger partial charge on any atom is 0.255 e. The van der Waals surface area contributed by atoms with Gasteiger partial charge in [0.25, 0.3) is 5.91 Å². The van der Waals surface area contributed by atoms with Gasteiger partial charge >= 0.3 is 0 Å². The van der Waals surface area contributed by atoms with Gasteiger partial charge in [-0.05, 0) is 36.2 Å². The number of aryl methyl sites for hydroxylation is 1. The van der Waals surface area contributed by atoms with Gasteiger partial charge in [-0.25, -0.2) is 4.98 Å². The summed E-state index contributed by atoms with van der Waals surface area (Å²) in [6, 6.07) is 20.7. The molecule has 206 valence electrons. The van der Waals surface area contributed by atoms with Gasteiger partial charge in [-0.2, -0.15) is 0 Å². The first-order valence-electron chi connectivity index (χ1n) is 13.3. The molecule has 2 unspecified atom stereocenters. The highest BCUT2D eigenvalue weighted by Gasteiger charge is 2.28. The number of carbonyl (C=O) groups excluding carboxylic acids is 2. The van der Waals surface area contributed by atoms with Crippen LogP contribution in [0.25, 0.3) is 0 Å². The number of rotatable bonds is 10. The van der Waals surface area contributed by atoms with E-state index in [0.717, 1.165) is 34.3 Å². The van der Waals surface area contributed by atoms with Gasteiger partial charge in [-0.1, -0.05) is 70.0 Å². The minimum atomic E-state index is -0.851. The fourth-order valence-electron chi connectivity index (χ4n) is 4.89. The Hall–Kier alpha value is -3.95. The third kappa shape index (κ3) is 6.60. The summed E-state index contributed by atoms with van der Waals surface area (Å²) in [7, 11) is 0. The zero-order valence-corrected chi connectivity index (χ0v) is 23.9. The standard InChI is InChI=1S/C31H32BrN5O3/c1-20-5-7-22(8-6-20)18-37-19-34-16-24(37)17-35-27-13-14-40-29-25(27)3-2-4-26(29)31(39)36-28(30(33)38)15-21-9-11-23(32)12-10-21/h2-12,16,19,27-28,35H,13-15,17-18H2,1H3,(H2,33,38)(H,36,39). The Balaban J connectivity index is 1.27. The van der Waals surface area contributed by atoms with E-state index in [1.807, 2.05) is 48.9 Å². The van der Waals surface area contributed by atoms with Crippen LogP contribution in [0.15, 0.2) is 83.7 Å². The molecular weight excluding hydrogens is 570 g/mol. The fraction of sp³-hybridized carbons (Fsp3) is 0.258. The molecule has 1 aliphatic heterocycles. The van der Waals surface area contributed by atoms with Gasteiger partial charge in [-0.3, -0.25) is 9.59 Å². The first kappa shape index (κ1) is 27.6. The Morgan fingerprint density at radius 1 is 1.10 bits per heavy atom. The van der Waals surface area contributed by atoms with Gasteiger partial charge in [-0.15, -0.1) is 0 Å². The van der Waals surface area contributed by atoms with Gasteiger partial charge in [0.1, 0.15) is 11.8 Å². The monoisotopic (exact) mass is 601 g/mol. The number of para-hydroxylation sites is 1. The van der Waals surface area contributed by atoms with Gasteiger partial charge in [0.2, 0.25) is 5.91 Å². The molecule has 2 amide bonds. The molecule has 0 fully saturated rings. The van der Waals surface area contributed by atoms with Crippen molar-refractivity contribution in [2.75, 3.05) is 6.61 Å². The quantitative estimate of drug-likeness (QED) is 0.249. The number of aromatic nitrogens is 2. The number of imidazole rings is 1. The Morgan fingerprint density at radius 3 is 2.60 bits per heavy atom. The number of nitrogens with two attached hydrogens (primary N) is 1. The van der Waals surface area contributed by atoms with E-state index in [4.69, 9.17) is 10.5 Å². The molecule has 0 bridgehead atoms. The van der Waals surface area contributed by atoms with Crippen molar-refractivity contribution in [3.05, 3.63) is 117 Å². The smallest absolute Gasteiger partial charge is 0.255 e. The summed E-state index contributed by atoms with van der Waals surface area (Å²) in [4.78, 5) is 29.9. The van der Waals surface area contributed by atoms with E-state index in [1.54, 1.807) is 6.07 Å². The van der Waals surface area contributed by atoms with Crippen molar-refractivity contribution >= 4 is 27.7 Å². The van der Waals surface area contributed by atoms with Crippen LogP contribution in [0.3, 0.4) is 0 Å². The average molecular weight is 603 g/mol. The van der Waals surface area contributed by atoms with E-state index in [-0.39, 0.29) is 6.04 Å². The molecule has 40 heavy (non-hydrogen) atoms. The van der Waals surface area contributed by atoms with Crippen LogP contribution in [-0.2, 0) is 24.3 Å². The third-order valence-electron chi connectivity index (χ3n) is 7.12. The molecule has 0 spiro atoms. The third-order valence-corrected chi connectivity index (χ3v) is 7.65. The van der Waals surface area contributed by atoms with Crippen molar-refractivity contribution in [1.82, 2.24) is 20.2 Å². The van der Waals surface area contributed by atoms with Crippen LogP contribution in [-0.4, -0.2) is 34.0 Å². The molecule has 8 nitrogen and oxygen atoms in total. The molecule has 9 heteroatoms. The second kappa shape index (κ2) is 12.5. The number of benzene rings is 3. The van der Waals surface area contributed by atoms with Crippen LogP contribution in [0.2, 0.25) is 0 Å². The highest BCUT2D eigenvalue weighted by atomic mass is 79.9. The van der Waals surface area contributed by atoms with Gasteiger partial charge in [0, 0.05) is 48.2 Å². The molecule has 0 aliphatic carbocycles. The summed E-state index contributed by atoms with van der Waals surface area (Å²) in [5.41, 5.74) is 11.3. The highest BCUT2D eigenvalue weighted by Crippen LogP contribution is 2.35. The van der Waals surface area contributed by atoms with Crippen LogP contribution >= 0.6 is 15.9 Å². The molecule has 0 saturated heterocycles. The van der Waals surface area contributed by atoms with Crippen LogP contribution in [0.1, 0.15) is 50.8 Å². The lowest BCUT2D eigenvalue weighted by atomic mass is 9.96. The number of nitrogens with one attached hydrogen (secondary N) is 2. The van der Waals surface area contributed by atoms with E-state index >= 15 is 0 Å². The molecule has 2 atom stereocenters. The second-order valence-electron chi connectivity index (χ2n) is 10.1. The van der Waals surface area contributed by atoms with Crippen molar-refractivity contribution in [2.24, 2.45) is 5.73 Å². The molecule has 5 rings (SSSR count). The molecule has 1 aromatic heterocycles. The minimum Gasteiger partial charge on any atom is -0.492 e. The lowest BCUT2D eigenvalue weighted by molar-refractivity contribution is -0.119. The van der Waals surface area contributed by atoms with Crippen LogP contribution in [0, 0.1) is 6.92 Å². The van der Waals surface area contributed by atoms with E-state index < -0.39 is 17.9 Å². The summed E-state index contributed by atoms with van der Waals surface area (Å²) < 4.78 is 9.06. The second-order valence-corrected chi connectivity index (χ2v) is 11.0. The van der Waals surface area contributed by atoms with E-state index in [2.05, 4.69) is 67.3 Å². The number of primary amides is 1. The Bertz CT molecular complexity index is 1480. The van der Waals surface area contributed by atoms with Crippen molar-refractivity contribution in [3.8, 4) is 5.75 Å². The van der Waals surface area contributed by atoms with Crippen molar-refractivity contribution in [2.45, 2.75) is 44.9 Å². The molecule has 1 aliphatic rings. The SMILES string of the molecule is Cc1ccc(Cn2cncc2CNC2CCOc3c(C(=O)NC(Cc4ccc(Br)cc4)C(N)=O)cccc32)cc1. The van der Waals surface area contributed by atoms with Crippen LogP contribution in [0.5, 0.6) is 5.75 Å². The van der Waals surface area contributed by atoms with Crippen LogP contribution in [0.4, 0.5) is 0 Å². The van der Waals surface area contributed by atoms with Crippen molar-refractivity contribution in [1.29, 1.82) is 0 Å². The number of nitrogens with zero attached hydrogens (tertiary/aromatic N) is 2. The predicted octanol–water partition coefficient (Wildman–Crippen LogP) is 4.44. The van der Waals surface area contributed by atoms with Gasteiger partial charge in [0.05, 0.1) is 24.2 Å². The maximum absolute atomic E-state index is 13.3. The molecule has 3 aromatic carbocycles. The Morgan fingerprint density at radius 2 is 1.85 bits per heavy atom. The number of hydrogen-bond acceptors (Lipinski definition) is 5. The summed E-state index contributed by atoms with van der Waals surface area (Å²) in [6.45, 7) is 3.91. The predicted molar refractivity (Wildman–Crippen MR) is 157 cm³/mol. The summed E-state index contributed by atoms with van der Waals surface area (Å²) in [6.07, 6.45) is 4.78. The molecule has 4 N–H and O–H groups in total. The lowest BCUT2D eigenvalue weighted by Crippen LogP contribution is -2.46. The normalized spacial score (nSPS) is 15.1. The molecule has 2 heterocycles. The number of halogens is 1. The number of ether oxygens (including phenoxy) is 1. The molecule has 0 saturated carbocycles.